The maximum absolute atomic E-state index is 6.29. The first-order valence-corrected chi connectivity index (χ1v) is 6.27. The van der Waals surface area contributed by atoms with E-state index in [4.69, 9.17) is 20.9 Å². The zero-order chi connectivity index (χ0) is 13.7. The summed E-state index contributed by atoms with van der Waals surface area (Å²) in [5.41, 5.74) is 14.0. The van der Waals surface area contributed by atoms with Crippen molar-refractivity contribution in [3.63, 3.8) is 0 Å². The fourth-order valence-electron chi connectivity index (χ4n) is 2.16. The van der Waals surface area contributed by atoms with Crippen LogP contribution in [0.25, 0.3) is 0 Å². The van der Waals surface area contributed by atoms with Gasteiger partial charge in [-0.25, -0.2) is 0 Å². The lowest BCUT2D eigenvalue weighted by atomic mass is 9.90. The molecule has 0 aromatic heterocycles. The number of methoxy groups -OCH3 is 2. The largest absolute Gasteiger partial charge is 0.496 e. The zero-order valence-electron chi connectivity index (χ0n) is 11.7. The predicted molar refractivity (Wildman–Crippen MR) is 74.0 cm³/mol. The van der Waals surface area contributed by atoms with Gasteiger partial charge < -0.3 is 20.9 Å². The first-order valence-electron chi connectivity index (χ1n) is 6.27. The van der Waals surface area contributed by atoms with Crippen LogP contribution in [-0.2, 0) is 0 Å². The monoisotopic (exact) mass is 252 g/mol. The van der Waals surface area contributed by atoms with E-state index in [9.17, 15) is 0 Å². The first kappa shape index (κ1) is 14.8. The van der Waals surface area contributed by atoms with Gasteiger partial charge in [-0.2, -0.15) is 0 Å². The van der Waals surface area contributed by atoms with Crippen LogP contribution in [0.1, 0.15) is 30.5 Å². The summed E-state index contributed by atoms with van der Waals surface area (Å²) in [7, 11) is 3.31. The molecule has 0 amide bonds. The van der Waals surface area contributed by atoms with Crippen molar-refractivity contribution in [3.05, 3.63) is 23.3 Å². The number of aryl methyl sites for hydroxylation is 1. The Morgan fingerprint density at radius 3 is 2.22 bits per heavy atom. The molecule has 0 aliphatic carbocycles. The van der Waals surface area contributed by atoms with Gasteiger partial charge in [0.05, 0.1) is 14.2 Å². The molecule has 0 saturated carbocycles. The molecule has 0 spiro atoms. The molecule has 102 valence electrons. The van der Waals surface area contributed by atoms with Gasteiger partial charge in [0.25, 0.3) is 0 Å². The lowest BCUT2D eigenvalue weighted by Gasteiger charge is -2.24. The molecular formula is C14H24N2O2. The molecule has 0 fully saturated rings. The molecule has 0 aliphatic rings. The van der Waals surface area contributed by atoms with Gasteiger partial charge in [0.15, 0.2) is 0 Å². The molecule has 0 aliphatic heterocycles. The van der Waals surface area contributed by atoms with Crippen molar-refractivity contribution in [3.8, 4) is 11.5 Å². The summed E-state index contributed by atoms with van der Waals surface area (Å²) >= 11 is 0. The second kappa shape index (κ2) is 6.61. The Labute approximate surface area is 109 Å². The number of hydrogen-bond donors (Lipinski definition) is 2. The van der Waals surface area contributed by atoms with E-state index >= 15 is 0 Å². The standard InChI is InChI=1S/C14H24N2O2/c1-5-10(8-15)14(16)11-7-12(17-3)9(2)6-13(11)18-4/h6-7,10,14H,5,8,15-16H2,1-4H3. The molecule has 1 rings (SSSR count). The van der Waals surface area contributed by atoms with Crippen LogP contribution >= 0.6 is 0 Å². The summed E-state index contributed by atoms with van der Waals surface area (Å²) in [6, 6.07) is 3.78. The summed E-state index contributed by atoms with van der Waals surface area (Å²) < 4.78 is 10.7. The van der Waals surface area contributed by atoms with E-state index in [1.165, 1.54) is 0 Å². The molecule has 0 heterocycles. The topological polar surface area (TPSA) is 70.5 Å². The fraction of sp³-hybridized carbons (Fsp3) is 0.571. The summed E-state index contributed by atoms with van der Waals surface area (Å²) in [6.07, 6.45) is 0.941. The van der Waals surface area contributed by atoms with Crippen molar-refractivity contribution in [2.45, 2.75) is 26.3 Å². The molecule has 4 heteroatoms. The maximum atomic E-state index is 6.29. The molecule has 2 unspecified atom stereocenters. The smallest absolute Gasteiger partial charge is 0.124 e. The van der Waals surface area contributed by atoms with Gasteiger partial charge in [-0.1, -0.05) is 13.3 Å². The zero-order valence-corrected chi connectivity index (χ0v) is 11.7. The Bertz CT molecular complexity index is 390. The normalized spacial score (nSPS) is 14.1. The Balaban J connectivity index is 3.20. The molecule has 0 bridgehead atoms. The third-order valence-electron chi connectivity index (χ3n) is 3.44. The SMILES string of the molecule is CCC(CN)C(N)c1cc(OC)c(C)cc1OC. The van der Waals surface area contributed by atoms with Crippen LogP contribution in [0.3, 0.4) is 0 Å². The van der Waals surface area contributed by atoms with Crippen molar-refractivity contribution in [2.75, 3.05) is 20.8 Å². The minimum Gasteiger partial charge on any atom is -0.496 e. The van der Waals surface area contributed by atoms with Crippen LogP contribution in [0.5, 0.6) is 11.5 Å². The summed E-state index contributed by atoms with van der Waals surface area (Å²) in [5, 5.41) is 0. The van der Waals surface area contributed by atoms with Gasteiger partial charge in [-0.15, -0.1) is 0 Å². The van der Waals surface area contributed by atoms with Crippen LogP contribution in [0, 0.1) is 12.8 Å². The average Bonchev–Trinajstić information content (AvgIpc) is 2.39. The minimum absolute atomic E-state index is 0.135. The molecule has 18 heavy (non-hydrogen) atoms. The van der Waals surface area contributed by atoms with Crippen molar-refractivity contribution < 1.29 is 9.47 Å². The number of ether oxygens (including phenoxy) is 2. The number of hydrogen-bond acceptors (Lipinski definition) is 4. The predicted octanol–water partition coefficient (Wildman–Crippen LogP) is 2.00. The molecule has 4 N–H and O–H groups in total. The van der Waals surface area contributed by atoms with Gasteiger partial charge in [0.1, 0.15) is 11.5 Å². The molecule has 2 atom stereocenters. The average molecular weight is 252 g/mol. The van der Waals surface area contributed by atoms with E-state index < -0.39 is 0 Å². The Morgan fingerprint density at radius 2 is 1.78 bits per heavy atom. The highest BCUT2D eigenvalue weighted by Gasteiger charge is 2.21. The van der Waals surface area contributed by atoms with Crippen LogP contribution in [0.2, 0.25) is 0 Å². The van der Waals surface area contributed by atoms with E-state index in [1.54, 1.807) is 14.2 Å². The highest BCUT2D eigenvalue weighted by atomic mass is 16.5. The highest BCUT2D eigenvalue weighted by molar-refractivity contribution is 5.47. The molecule has 4 nitrogen and oxygen atoms in total. The fourth-order valence-corrected chi connectivity index (χ4v) is 2.16. The molecule has 1 aromatic rings. The molecular weight excluding hydrogens is 228 g/mol. The van der Waals surface area contributed by atoms with E-state index in [2.05, 4.69) is 6.92 Å². The van der Waals surface area contributed by atoms with Crippen molar-refractivity contribution in [1.82, 2.24) is 0 Å². The quantitative estimate of drug-likeness (QED) is 0.812. The van der Waals surface area contributed by atoms with Crippen molar-refractivity contribution in [1.29, 1.82) is 0 Å². The summed E-state index contributed by atoms with van der Waals surface area (Å²) in [6.45, 7) is 4.64. The lowest BCUT2D eigenvalue weighted by molar-refractivity contribution is 0.373. The second-order valence-electron chi connectivity index (χ2n) is 4.49. The highest BCUT2D eigenvalue weighted by Crippen LogP contribution is 2.34. The third-order valence-corrected chi connectivity index (χ3v) is 3.44. The maximum Gasteiger partial charge on any atom is 0.124 e. The van der Waals surface area contributed by atoms with Crippen molar-refractivity contribution >= 4 is 0 Å². The molecule has 0 saturated heterocycles. The van der Waals surface area contributed by atoms with Gasteiger partial charge >= 0.3 is 0 Å². The van der Waals surface area contributed by atoms with Gasteiger partial charge in [-0.3, -0.25) is 0 Å². The summed E-state index contributed by atoms with van der Waals surface area (Å²) in [5.74, 6) is 1.87. The molecule has 1 aromatic carbocycles. The van der Waals surface area contributed by atoms with Gasteiger partial charge in [-0.05, 0) is 37.1 Å². The third kappa shape index (κ3) is 2.94. The Kier molecular flexibility index (Phi) is 5.44. The van der Waals surface area contributed by atoms with Gasteiger partial charge in [0.2, 0.25) is 0 Å². The first-order chi connectivity index (χ1) is 8.58. The Hall–Kier alpha value is -1.26. The number of rotatable bonds is 6. The molecule has 0 radical (unpaired) electrons. The van der Waals surface area contributed by atoms with E-state index in [-0.39, 0.29) is 12.0 Å². The van der Waals surface area contributed by atoms with E-state index in [1.807, 2.05) is 19.1 Å². The van der Waals surface area contributed by atoms with Crippen LogP contribution in [0.15, 0.2) is 12.1 Å². The Morgan fingerprint density at radius 1 is 1.17 bits per heavy atom. The van der Waals surface area contributed by atoms with Crippen LogP contribution < -0.4 is 20.9 Å². The van der Waals surface area contributed by atoms with E-state index in [0.717, 1.165) is 29.0 Å². The van der Waals surface area contributed by atoms with Crippen molar-refractivity contribution in [2.24, 2.45) is 17.4 Å². The lowest BCUT2D eigenvalue weighted by Crippen LogP contribution is -2.27. The number of nitrogens with two attached hydrogens (primary N) is 2. The second-order valence-corrected chi connectivity index (χ2v) is 4.49. The van der Waals surface area contributed by atoms with E-state index in [0.29, 0.717) is 6.54 Å². The minimum atomic E-state index is -0.135. The number of benzene rings is 1. The van der Waals surface area contributed by atoms with Crippen LogP contribution in [-0.4, -0.2) is 20.8 Å². The van der Waals surface area contributed by atoms with Crippen LogP contribution in [0.4, 0.5) is 0 Å². The van der Waals surface area contributed by atoms with Gasteiger partial charge in [0, 0.05) is 11.6 Å². The summed E-state index contributed by atoms with van der Waals surface area (Å²) in [4.78, 5) is 0.